The third kappa shape index (κ3) is 3.51. The molecule has 0 heterocycles. The van der Waals surface area contributed by atoms with E-state index in [2.05, 4.69) is 0 Å². The van der Waals surface area contributed by atoms with Crippen LogP contribution in [0.5, 0.6) is 0 Å². The Labute approximate surface area is 73.1 Å². The van der Waals surface area contributed by atoms with E-state index < -0.39 is 0 Å². The van der Waals surface area contributed by atoms with E-state index in [9.17, 15) is 9.59 Å². The molecular formula is C9H15O3. The fourth-order valence-corrected chi connectivity index (χ4v) is 0.867. The summed E-state index contributed by atoms with van der Waals surface area (Å²) in [5.74, 6) is -0.588. The first-order chi connectivity index (χ1) is 5.65. The molecular weight excluding hydrogens is 156 g/mol. The van der Waals surface area contributed by atoms with Crippen LogP contribution in [0.25, 0.3) is 0 Å². The first-order valence-corrected chi connectivity index (χ1v) is 4.22. The molecule has 0 aliphatic carbocycles. The molecule has 0 saturated carbocycles. The van der Waals surface area contributed by atoms with Gasteiger partial charge in [-0.2, -0.15) is 0 Å². The predicted molar refractivity (Wildman–Crippen MR) is 45.3 cm³/mol. The van der Waals surface area contributed by atoms with Crippen molar-refractivity contribution in [3.8, 4) is 0 Å². The average molecular weight is 171 g/mol. The van der Waals surface area contributed by atoms with Crippen LogP contribution in [0.1, 0.15) is 33.6 Å². The summed E-state index contributed by atoms with van der Waals surface area (Å²) < 4.78 is 5.00. The van der Waals surface area contributed by atoms with Gasteiger partial charge in [0.1, 0.15) is 6.10 Å². The first-order valence-electron chi connectivity index (χ1n) is 4.22. The van der Waals surface area contributed by atoms with Crippen LogP contribution in [-0.4, -0.2) is 18.4 Å². The topological polar surface area (TPSA) is 43.4 Å². The highest BCUT2D eigenvalue weighted by Crippen LogP contribution is 2.09. The predicted octanol–water partition coefficient (Wildman–Crippen LogP) is 1.46. The van der Waals surface area contributed by atoms with Gasteiger partial charge in [-0.3, -0.25) is 9.59 Å². The SMILES string of the molecule is CCC(=O)OC(CC)C(C)[C]=O. The number of carbonyl (C=O) groups excluding carboxylic acids is 2. The second-order valence-corrected chi connectivity index (χ2v) is 2.70. The zero-order valence-corrected chi connectivity index (χ0v) is 7.79. The standard InChI is InChI=1S/C9H15O3/c1-4-8(7(3)6-10)12-9(11)5-2/h7-8H,4-5H2,1-3H3. The Morgan fingerprint density at radius 3 is 2.42 bits per heavy atom. The van der Waals surface area contributed by atoms with E-state index in [1.54, 1.807) is 13.8 Å². The van der Waals surface area contributed by atoms with Crippen molar-refractivity contribution in [2.75, 3.05) is 0 Å². The monoisotopic (exact) mass is 171 g/mol. The van der Waals surface area contributed by atoms with E-state index in [4.69, 9.17) is 4.74 Å². The van der Waals surface area contributed by atoms with E-state index in [-0.39, 0.29) is 18.0 Å². The first kappa shape index (κ1) is 11.1. The van der Waals surface area contributed by atoms with Crippen LogP contribution in [0.3, 0.4) is 0 Å². The van der Waals surface area contributed by atoms with Crippen molar-refractivity contribution in [2.24, 2.45) is 5.92 Å². The number of esters is 1. The summed E-state index contributed by atoms with van der Waals surface area (Å²) in [5, 5.41) is 0. The summed E-state index contributed by atoms with van der Waals surface area (Å²) in [6.07, 6.45) is 2.51. The number of ether oxygens (including phenoxy) is 1. The highest BCUT2D eigenvalue weighted by molar-refractivity contribution is 5.69. The molecule has 0 amide bonds. The van der Waals surface area contributed by atoms with Crippen molar-refractivity contribution < 1.29 is 14.3 Å². The third-order valence-corrected chi connectivity index (χ3v) is 1.72. The van der Waals surface area contributed by atoms with Crippen molar-refractivity contribution in [1.29, 1.82) is 0 Å². The molecule has 0 rings (SSSR count). The van der Waals surface area contributed by atoms with Crippen LogP contribution >= 0.6 is 0 Å². The van der Waals surface area contributed by atoms with Gasteiger partial charge < -0.3 is 4.74 Å². The highest BCUT2D eigenvalue weighted by Gasteiger charge is 2.18. The summed E-state index contributed by atoms with van der Waals surface area (Å²) in [4.78, 5) is 21.1. The lowest BCUT2D eigenvalue weighted by Crippen LogP contribution is -2.25. The number of carbonyl (C=O) groups is 1. The van der Waals surface area contributed by atoms with Gasteiger partial charge >= 0.3 is 5.97 Å². The van der Waals surface area contributed by atoms with Crippen LogP contribution in [-0.2, 0) is 14.3 Å². The fourth-order valence-electron chi connectivity index (χ4n) is 0.867. The summed E-state index contributed by atoms with van der Waals surface area (Å²) in [7, 11) is 0. The Morgan fingerprint density at radius 1 is 1.50 bits per heavy atom. The molecule has 0 bridgehead atoms. The molecule has 0 aliphatic rings. The lowest BCUT2D eigenvalue weighted by molar-refractivity contribution is -0.150. The fraction of sp³-hybridized carbons (Fsp3) is 0.778. The Hall–Kier alpha value is -0.860. The lowest BCUT2D eigenvalue weighted by Gasteiger charge is -2.17. The Balaban J connectivity index is 3.98. The quantitative estimate of drug-likeness (QED) is 0.588. The Kier molecular flexibility index (Phi) is 5.34. The Morgan fingerprint density at radius 2 is 2.08 bits per heavy atom. The molecule has 0 aromatic rings. The van der Waals surface area contributed by atoms with Gasteiger partial charge in [0.05, 0.1) is 5.92 Å². The zero-order valence-electron chi connectivity index (χ0n) is 7.79. The minimum atomic E-state index is -0.328. The normalized spacial score (nSPS) is 14.9. The molecule has 3 nitrogen and oxygen atoms in total. The van der Waals surface area contributed by atoms with Crippen molar-refractivity contribution in [3.05, 3.63) is 0 Å². The average Bonchev–Trinajstić information content (AvgIpc) is 2.12. The largest absolute Gasteiger partial charge is 0.462 e. The van der Waals surface area contributed by atoms with Crippen LogP contribution in [0, 0.1) is 5.92 Å². The van der Waals surface area contributed by atoms with Crippen molar-refractivity contribution in [1.82, 2.24) is 0 Å². The molecule has 69 valence electrons. The number of hydrogen-bond acceptors (Lipinski definition) is 3. The second-order valence-electron chi connectivity index (χ2n) is 2.70. The van der Waals surface area contributed by atoms with Gasteiger partial charge in [0.2, 0.25) is 6.29 Å². The summed E-state index contributed by atoms with van der Waals surface area (Å²) in [6, 6.07) is 0. The van der Waals surface area contributed by atoms with Crippen LogP contribution in [0.15, 0.2) is 0 Å². The van der Waals surface area contributed by atoms with Gasteiger partial charge in [0, 0.05) is 6.42 Å². The van der Waals surface area contributed by atoms with E-state index in [1.165, 1.54) is 0 Å². The number of hydrogen-bond donors (Lipinski definition) is 0. The highest BCUT2D eigenvalue weighted by atomic mass is 16.5. The van der Waals surface area contributed by atoms with Crippen LogP contribution < -0.4 is 0 Å². The van der Waals surface area contributed by atoms with Crippen molar-refractivity contribution in [2.45, 2.75) is 39.7 Å². The molecule has 0 aromatic carbocycles. The molecule has 0 aliphatic heterocycles. The van der Waals surface area contributed by atoms with Gasteiger partial charge in [0.15, 0.2) is 0 Å². The summed E-state index contributed by atoms with van der Waals surface area (Å²) in [6.45, 7) is 5.30. The molecule has 0 aromatic heterocycles. The molecule has 1 radical (unpaired) electrons. The van der Waals surface area contributed by atoms with Crippen LogP contribution in [0.2, 0.25) is 0 Å². The van der Waals surface area contributed by atoms with E-state index in [0.717, 1.165) is 0 Å². The number of rotatable bonds is 5. The second kappa shape index (κ2) is 5.75. The lowest BCUT2D eigenvalue weighted by atomic mass is 10.0. The third-order valence-electron chi connectivity index (χ3n) is 1.72. The maximum atomic E-state index is 10.8. The van der Waals surface area contributed by atoms with E-state index in [0.29, 0.717) is 12.8 Å². The minimum Gasteiger partial charge on any atom is -0.462 e. The minimum absolute atomic E-state index is 0.260. The molecule has 12 heavy (non-hydrogen) atoms. The maximum absolute atomic E-state index is 10.8. The van der Waals surface area contributed by atoms with Gasteiger partial charge in [-0.05, 0) is 6.42 Å². The Bertz CT molecular complexity index is 154. The molecule has 2 unspecified atom stereocenters. The molecule has 3 heteroatoms. The van der Waals surface area contributed by atoms with Crippen LogP contribution in [0.4, 0.5) is 0 Å². The molecule has 0 fully saturated rings. The van der Waals surface area contributed by atoms with Gasteiger partial charge in [-0.15, -0.1) is 0 Å². The summed E-state index contributed by atoms with van der Waals surface area (Å²) >= 11 is 0. The molecule has 2 atom stereocenters. The van der Waals surface area contributed by atoms with E-state index >= 15 is 0 Å². The van der Waals surface area contributed by atoms with Gasteiger partial charge in [0.25, 0.3) is 0 Å². The van der Waals surface area contributed by atoms with Gasteiger partial charge in [-0.25, -0.2) is 0 Å². The maximum Gasteiger partial charge on any atom is 0.305 e. The van der Waals surface area contributed by atoms with Gasteiger partial charge in [-0.1, -0.05) is 20.8 Å². The van der Waals surface area contributed by atoms with Crippen molar-refractivity contribution >= 4 is 12.3 Å². The van der Waals surface area contributed by atoms with Crippen molar-refractivity contribution in [3.63, 3.8) is 0 Å². The molecule has 0 spiro atoms. The summed E-state index contributed by atoms with van der Waals surface area (Å²) in [5.41, 5.74) is 0. The molecule has 0 N–H and O–H groups in total. The molecule has 0 saturated heterocycles. The smallest absolute Gasteiger partial charge is 0.305 e. The van der Waals surface area contributed by atoms with E-state index in [1.807, 2.05) is 13.2 Å². The zero-order chi connectivity index (χ0) is 9.56.